The van der Waals surface area contributed by atoms with Gasteiger partial charge in [-0.05, 0) is 12.1 Å². The summed E-state index contributed by atoms with van der Waals surface area (Å²) in [6.07, 6.45) is 2.87. The molecule has 116 valence electrons. The second-order valence-electron chi connectivity index (χ2n) is 5.14. The van der Waals surface area contributed by atoms with Crippen molar-refractivity contribution >= 4 is 11.7 Å². The average molecular weight is 305 g/mol. The summed E-state index contributed by atoms with van der Waals surface area (Å²) < 4.78 is 25.4. The minimum Gasteiger partial charge on any atom is -0.475 e. The topological polar surface area (TPSA) is 56.6 Å². The fourth-order valence-corrected chi connectivity index (χ4v) is 2.51. The van der Waals surface area contributed by atoms with E-state index in [-0.39, 0.29) is 0 Å². The number of benzene rings is 1. The number of nitrogens with zero attached hydrogens (tertiary/aromatic N) is 3. The molecule has 0 saturated carbocycles. The standard InChI is InChI=1S/C15H16FN3O3/c1-18-7-10(6-17-18)8-19-9-14(15(20)21-2)22-13-5-11(16)3-4-12(13)19/h3-7,14H,8-9H2,1-2H3. The zero-order valence-corrected chi connectivity index (χ0v) is 12.3. The maximum Gasteiger partial charge on any atom is 0.348 e. The monoisotopic (exact) mass is 305 g/mol. The van der Waals surface area contributed by atoms with Gasteiger partial charge in [0.15, 0.2) is 0 Å². The van der Waals surface area contributed by atoms with E-state index in [2.05, 4.69) is 5.10 Å². The Balaban J connectivity index is 1.91. The van der Waals surface area contributed by atoms with Gasteiger partial charge in [0.2, 0.25) is 6.10 Å². The van der Waals surface area contributed by atoms with Gasteiger partial charge in [-0.15, -0.1) is 0 Å². The molecule has 0 aliphatic carbocycles. The van der Waals surface area contributed by atoms with Crippen LogP contribution in [0.15, 0.2) is 30.6 Å². The molecule has 2 aromatic rings. The number of esters is 1. The number of carbonyl (C=O) groups is 1. The molecule has 7 heteroatoms. The number of anilines is 1. The predicted molar refractivity (Wildman–Crippen MR) is 77.1 cm³/mol. The second-order valence-corrected chi connectivity index (χ2v) is 5.14. The number of carbonyl (C=O) groups excluding carboxylic acids is 1. The van der Waals surface area contributed by atoms with Gasteiger partial charge in [-0.3, -0.25) is 4.68 Å². The SMILES string of the molecule is COC(=O)C1CN(Cc2cnn(C)c2)c2ccc(F)cc2O1. The molecule has 2 heterocycles. The Morgan fingerprint density at radius 3 is 3.05 bits per heavy atom. The van der Waals surface area contributed by atoms with Gasteiger partial charge in [0.25, 0.3) is 0 Å². The first-order valence-electron chi connectivity index (χ1n) is 6.83. The van der Waals surface area contributed by atoms with Crippen molar-refractivity contribution in [3.8, 4) is 5.75 Å². The number of hydrogen-bond donors (Lipinski definition) is 0. The highest BCUT2D eigenvalue weighted by molar-refractivity contribution is 5.78. The highest BCUT2D eigenvalue weighted by atomic mass is 19.1. The summed E-state index contributed by atoms with van der Waals surface area (Å²) in [5.41, 5.74) is 1.73. The number of aryl methyl sites for hydroxylation is 1. The summed E-state index contributed by atoms with van der Waals surface area (Å²) in [5, 5.41) is 4.13. The van der Waals surface area contributed by atoms with E-state index in [0.717, 1.165) is 11.3 Å². The Hall–Kier alpha value is -2.57. The first-order valence-corrected chi connectivity index (χ1v) is 6.83. The third kappa shape index (κ3) is 2.74. The van der Waals surface area contributed by atoms with E-state index in [1.165, 1.54) is 19.2 Å². The summed E-state index contributed by atoms with van der Waals surface area (Å²) in [4.78, 5) is 13.7. The largest absolute Gasteiger partial charge is 0.475 e. The minimum atomic E-state index is -0.782. The van der Waals surface area contributed by atoms with Crippen LogP contribution in [0.5, 0.6) is 5.75 Å². The molecule has 1 aliphatic heterocycles. The number of aromatic nitrogens is 2. The highest BCUT2D eigenvalue weighted by Crippen LogP contribution is 2.35. The zero-order chi connectivity index (χ0) is 15.7. The van der Waals surface area contributed by atoms with Crippen molar-refractivity contribution in [1.82, 2.24) is 9.78 Å². The number of hydrogen-bond acceptors (Lipinski definition) is 5. The Morgan fingerprint density at radius 1 is 1.55 bits per heavy atom. The Morgan fingerprint density at radius 2 is 2.36 bits per heavy atom. The lowest BCUT2D eigenvalue weighted by molar-refractivity contribution is -0.148. The van der Waals surface area contributed by atoms with Crippen LogP contribution in [0.2, 0.25) is 0 Å². The second kappa shape index (κ2) is 5.67. The molecule has 3 rings (SSSR count). The molecule has 1 aliphatic rings. The van der Waals surface area contributed by atoms with Gasteiger partial charge in [0, 0.05) is 31.4 Å². The van der Waals surface area contributed by atoms with Crippen LogP contribution in [0.25, 0.3) is 0 Å². The van der Waals surface area contributed by atoms with Gasteiger partial charge in [-0.2, -0.15) is 5.10 Å². The van der Waals surface area contributed by atoms with E-state index in [1.54, 1.807) is 16.9 Å². The van der Waals surface area contributed by atoms with Crippen molar-refractivity contribution in [2.24, 2.45) is 7.05 Å². The molecule has 0 amide bonds. The molecular weight excluding hydrogens is 289 g/mol. The van der Waals surface area contributed by atoms with Crippen LogP contribution in [-0.4, -0.2) is 35.5 Å². The summed E-state index contributed by atoms with van der Waals surface area (Å²) in [5.74, 6) is -0.553. The maximum atomic E-state index is 13.4. The third-order valence-corrected chi connectivity index (χ3v) is 3.51. The van der Waals surface area contributed by atoms with Crippen LogP contribution in [-0.2, 0) is 23.1 Å². The van der Waals surface area contributed by atoms with E-state index in [9.17, 15) is 9.18 Å². The molecule has 1 atom stereocenters. The maximum absolute atomic E-state index is 13.4. The van der Waals surface area contributed by atoms with E-state index in [0.29, 0.717) is 18.8 Å². The molecule has 0 bridgehead atoms. The summed E-state index contributed by atoms with van der Waals surface area (Å²) in [7, 11) is 3.14. The molecule has 1 unspecified atom stereocenters. The van der Waals surface area contributed by atoms with Crippen molar-refractivity contribution in [3.63, 3.8) is 0 Å². The Kier molecular flexibility index (Phi) is 3.70. The molecular formula is C15H16FN3O3. The quantitative estimate of drug-likeness (QED) is 0.804. The normalized spacial score (nSPS) is 16.9. The van der Waals surface area contributed by atoms with Crippen LogP contribution < -0.4 is 9.64 Å². The van der Waals surface area contributed by atoms with Gasteiger partial charge in [0.05, 0.1) is 25.5 Å². The van der Waals surface area contributed by atoms with Crippen LogP contribution in [0, 0.1) is 5.82 Å². The van der Waals surface area contributed by atoms with E-state index >= 15 is 0 Å². The van der Waals surface area contributed by atoms with Gasteiger partial charge in [-0.25, -0.2) is 9.18 Å². The van der Waals surface area contributed by atoms with Gasteiger partial charge in [-0.1, -0.05) is 0 Å². The molecule has 0 radical (unpaired) electrons. The van der Waals surface area contributed by atoms with E-state index in [4.69, 9.17) is 9.47 Å². The molecule has 0 saturated heterocycles. The summed E-state index contributed by atoms with van der Waals surface area (Å²) in [6, 6.07) is 4.30. The lowest BCUT2D eigenvalue weighted by atomic mass is 10.1. The predicted octanol–water partition coefficient (Wildman–Crippen LogP) is 1.50. The third-order valence-electron chi connectivity index (χ3n) is 3.51. The van der Waals surface area contributed by atoms with Crippen LogP contribution >= 0.6 is 0 Å². The summed E-state index contributed by atoms with van der Waals surface area (Å²) >= 11 is 0. The number of fused-ring (bicyclic) bond motifs is 1. The smallest absolute Gasteiger partial charge is 0.348 e. The molecule has 1 aromatic carbocycles. The lowest BCUT2D eigenvalue weighted by Crippen LogP contribution is -2.44. The summed E-state index contributed by atoms with van der Waals surface area (Å²) in [6.45, 7) is 0.878. The molecule has 0 spiro atoms. The molecule has 6 nitrogen and oxygen atoms in total. The number of methoxy groups -OCH3 is 1. The molecule has 0 fully saturated rings. The van der Waals surface area contributed by atoms with Crippen molar-refractivity contribution < 1.29 is 18.7 Å². The average Bonchev–Trinajstić information content (AvgIpc) is 2.91. The van der Waals surface area contributed by atoms with E-state index < -0.39 is 17.9 Å². The van der Waals surface area contributed by atoms with Crippen LogP contribution in [0.1, 0.15) is 5.56 Å². The first kappa shape index (κ1) is 14.4. The van der Waals surface area contributed by atoms with Crippen LogP contribution in [0.3, 0.4) is 0 Å². The first-order chi connectivity index (χ1) is 10.6. The highest BCUT2D eigenvalue weighted by Gasteiger charge is 2.31. The minimum absolute atomic E-state index is 0.334. The fraction of sp³-hybridized carbons (Fsp3) is 0.333. The zero-order valence-electron chi connectivity index (χ0n) is 12.3. The lowest BCUT2D eigenvalue weighted by Gasteiger charge is -2.34. The van der Waals surface area contributed by atoms with E-state index in [1.807, 2.05) is 18.1 Å². The van der Waals surface area contributed by atoms with Crippen molar-refractivity contribution in [1.29, 1.82) is 0 Å². The van der Waals surface area contributed by atoms with Crippen molar-refractivity contribution in [3.05, 3.63) is 42.0 Å². The number of ether oxygens (including phenoxy) is 2. The van der Waals surface area contributed by atoms with Crippen LogP contribution in [0.4, 0.5) is 10.1 Å². The molecule has 1 aromatic heterocycles. The number of rotatable bonds is 3. The van der Waals surface area contributed by atoms with Crippen molar-refractivity contribution in [2.45, 2.75) is 12.6 Å². The van der Waals surface area contributed by atoms with Gasteiger partial charge >= 0.3 is 5.97 Å². The van der Waals surface area contributed by atoms with Gasteiger partial charge in [0.1, 0.15) is 11.6 Å². The Labute approximate surface area is 127 Å². The molecule has 0 N–H and O–H groups in total. The number of halogens is 1. The van der Waals surface area contributed by atoms with Crippen molar-refractivity contribution in [2.75, 3.05) is 18.6 Å². The fourth-order valence-electron chi connectivity index (χ4n) is 2.51. The molecule has 22 heavy (non-hydrogen) atoms. The Bertz CT molecular complexity index is 701. The van der Waals surface area contributed by atoms with Gasteiger partial charge < -0.3 is 14.4 Å².